The standard InChI is InChI=1S/C13H28N2O2/c1-4-17-7-5-6-15-13(16)9-12(10-14)8-11(2)3/h11-12H,4-10,14H2,1-3H3,(H,15,16). The van der Waals surface area contributed by atoms with Gasteiger partial charge in [-0.15, -0.1) is 0 Å². The maximum atomic E-state index is 11.6. The van der Waals surface area contributed by atoms with Gasteiger partial charge in [-0.05, 0) is 38.1 Å². The Morgan fingerprint density at radius 1 is 1.41 bits per heavy atom. The minimum Gasteiger partial charge on any atom is -0.382 e. The van der Waals surface area contributed by atoms with Gasteiger partial charge >= 0.3 is 0 Å². The molecule has 0 heterocycles. The summed E-state index contributed by atoms with van der Waals surface area (Å²) in [5.74, 6) is 1.01. The zero-order valence-electron chi connectivity index (χ0n) is 11.5. The first kappa shape index (κ1) is 16.4. The molecule has 4 nitrogen and oxygen atoms in total. The Hall–Kier alpha value is -0.610. The molecule has 0 aliphatic rings. The average molecular weight is 244 g/mol. The normalized spacial score (nSPS) is 12.8. The van der Waals surface area contributed by atoms with Crippen LogP contribution in [0.3, 0.4) is 0 Å². The summed E-state index contributed by atoms with van der Waals surface area (Å²) in [6.07, 6.45) is 2.43. The molecule has 17 heavy (non-hydrogen) atoms. The van der Waals surface area contributed by atoms with Crippen molar-refractivity contribution in [2.45, 2.75) is 40.0 Å². The van der Waals surface area contributed by atoms with Crippen LogP contribution in [0.4, 0.5) is 0 Å². The molecule has 102 valence electrons. The molecule has 0 saturated carbocycles. The summed E-state index contributed by atoms with van der Waals surface area (Å²) < 4.78 is 5.20. The summed E-state index contributed by atoms with van der Waals surface area (Å²) in [5, 5.41) is 2.91. The lowest BCUT2D eigenvalue weighted by molar-refractivity contribution is -0.122. The summed E-state index contributed by atoms with van der Waals surface area (Å²) in [7, 11) is 0. The zero-order valence-corrected chi connectivity index (χ0v) is 11.5. The Morgan fingerprint density at radius 2 is 2.12 bits per heavy atom. The molecular weight excluding hydrogens is 216 g/mol. The second-order valence-corrected chi connectivity index (χ2v) is 4.84. The third-order valence-corrected chi connectivity index (χ3v) is 2.60. The van der Waals surface area contributed by atoms with Gasteiger partial charge in [-0.1, -0.05) is 13.8 Å². The summed E-state index contributed by atoms with van der Waals surface area (Å²) in [6.45, 7) is 9.00. The fourth-order valence-electron chi connectivity index (χ4n) is 1.81. The van der Waals surface area contributed by atoms with Crippen molar-refractivity contribution in [3.8, 4) is 0 Å². The van der Waals surface area contributed by atoms with Crippen LogP contribution < -0.4 is 11.1 Å². The molecule has 0 aromatic rings. The molecule has 1 atom stereocenters. The van der Waals surface area contributed by atoms with Crippen LogP contribution in [0.25, 0.3) is 0 Å². The quantitative estimate of drug-likeness (QED) is 0.573. The van der Waals surface area contributed by atoms with Crippen LogP contribution in [0.15, 0.2) is 0 Å². The molecule has 0 saturated heterocycles. The van der Waals surface area contributed by atoms with Gasteiger partial charge in [0.15, 0.2) is 0 Å². The lowest BCUT2D eigenvalue weighted by Crippen LogP contribution is -2.30. The predicted molar refractivity (Wildman–Crippen MR) is 70.7 cm³/mol. The SMILES string of the molecule is CCOCCCNC(=O)CC(CN)CC(C)C. The van der Waals surface area contributed by atoms with Crippen LogP contribution in [-0.4, -0.2) is 32.2 Å². The van der Waals surface area contributed by atoms with Crippen LogP contribution in [0.2, 0.25) is 0 Å². The zero-order chi connectivity index (χ0) is 13.1. The first-order chi connectivity index (χ1) is 8.10. The molecule has 3 N–H and O–H groups in total. The van der Waals surface area contributed by atoms with E-state index in [4.69, 9.17) is 10.5 Å². The van der Waals surface area contributed by atoms with Crippen molar-refractivity contribution >= 4 is 5.91 Å². The van der Waals surface area contributed by atoms with Gasteiger partial charge < -0.3 is 15.8 Å². The van der Waals surface area contributed by atoms with Gasteiger partial charge in [0, 0.05) is 26.2 Å². The van der Waals surface area contributed by atoms with Crippen LogP contribution in [0, 0.1) is 11.8 Å². The Balaban J connectivity index is 3.61. The molecule has 0 rings (SSSR count). The molecule has 1 unspecified atom stereocenters. The minimum absolute atomic E-state index is 0.109. The van der Waals surface area contributed by atoms with Crippen molar-refractivity contribution in [3.63, 3.8) is 0 Å². The van der Waals surface area contributed by atoms with E-state index in [9.17, 15) is 4.79 Å². The summed E-state index contributed by atoms with van der Waals surface area (Å²) in [6, 6.07) is 0. The van der Waals surface area contributed by atoms with E-state index >= 15 is 0 Å². The van der Waals surface area contributed by atoms with E-state index < -0.39 is 0 Å². The Labute approximate surface area is 105 Å². The molecule has 0 radical (unpaired) electrons. The highest BCUT2D eigenvalue weighted by Gasteiger charge is 2.13. The lowest BCUT2D eigenvalue weighted by atomic mass is 9.94. The predicted octanol–water partition coefficient (Wildman–Crippen LogP) is 1.54. The van der Waals surface area contributed by atoms with Crippen molar-refractivity contribution in [3.05, 3.63) is 0 Å². The maximum absolute atomic E-state index is 11.6. The summed E-state index contributed by atoms with van der Waals surface area (Å²) in [5.41, 5.74) is 5.66. The minimum atomic E-state index is 0.109. The first-order valence-electron chi connectivity index (χ1n) is 6.64. The van der Waals surface area contributed by atoms with E-state index in [1.54, 1.807) is 0 Å². The van der Waals surface area contributed by atoms with E-state index in [1.165, 1.54) is 0 Å². The second kappa shape index (κ2) is 10.5. The second-order valence-electron chi connectivity index (χ2n) is 4.84. The highest BCUT2D eigenvalue weighted by atomic mass is 16.5. The van der Waals surface area contributed by atoms with Gasteiger partial charge in [0.05, 0.1) is 0 Å². The molecular formula is C13H28N2O2. The van der Waals surface area contributed by atoms with Gasteiger partial charge in [-0.25, -0.2) is 0 Å². The van der Waals surface area contributed by atoms with Crippen molar-refractivity contribution in [2.75, 3.05) is 26.3 Å². The number of hydrogen-bond acceptors (Lipinski definition) is 3. The van der Waals surface area contributed by atoms with E-state index in [0.29, 0.717) is 38.0 Å². The fourth-order valence-corrected chi connectivity index (χ4v) is 1.81. The monoisotopic (exact) mass is 244 g/mol. The molecule has 1 amide bonds. The molecule has 0 aliphatic carbocycles. The van der Waals surface area contributed by atoms with Crippen LogP contribution in [-0.2, 0) is 9.53 Å². The number of rotatable bonds is 10. The number of nitrogens with two attached hydrogens (primary N) is 1. The van der Waals surface area contributed by atoms with Gasteiger partial charge in [-0.2, -0.15) is 0 Å². The van der Waals surface area contributed by atoms with Crippen LogP contribution >= 0.6 is 0 Å². The van der Waals surface area contributed by atoms with Crippen molar-refractivity contribution in [1.82, 2.24) is 5.32 Å². The average Bonchev–Trinajstić information content (AvgIpc) is 2.27. The van der Waals surface area contributed by atoms with Crippen molar-refractivity contribution in [1.29, 1.82) is 0 Å². The Morgan fingerprint density at radius 3 is 2.65 bits per heavy atom. The Bertz CT molecular complexity index is 196. The molecule has 0 bridgehead atoms. The highest BCUT2D eigenvalue weighted by Crippen LogP contribution is 2.13. The molecule has 0 fully saturated rings. The van der Waals surface area contributed by atoms with Gasteiger partial charge in [-0.3, -0.25) is 4.79 Å². The molecule has 0 spiro atoms. The third kappa shape index (κ3) is 10.3. The van der Waals surface area contributed by atoms with Crippen LogP contribution in [0.1, 0.15) is 40.0 Å². The maximum Gasteiger partial charge on any atom is 0.220 e. The molecule has 0 aliphatic heterocycles. The largest absolute Gasteiger partial charge is 0.382 e. The number of ether oxygens (including phenoxy) is 1. The van der Waals surface area contributed by atoms with Gasteiger partial charge in [0.25, 0.3) is 0 Å². The number of hydrogen-bond donors (Lipinski definition) is 2. The van der Waals surface area contributed by atoms with Gasteiger partial charge in [0.2, 0.25) is 5.91 Å². The lowest BCUT2D eigenvalue weighted by Gasteiger charge is -2.16. The van der Waals surface area contributed by atoms with E-state index in [2.05, 4.69) is 19.2 Å². The number of amides is 1. The smallest absolute Gasteiger partial charge is 0.220 e. The summed E-state index contributed by atoms with van der Waals surface area (Å²) >= 11 is 0. The third-order valence-electron chi connectivity index (χ3n) is 2.60. The number of carbonyl (C=O) groups is 1. The highest BCUT2D eigenvalue weighted by molar-refractivity contribution is 5.76. The van der Waals surface area contributed by atoms with Crippen molar-refractivity contribution < 1.29 is 9.53 Å². The number of nitrogens with one attached hydrogen (secondary N) is 1. The van der Waals surface area contributed by atoms with E-state index in [0.717, 1.165) is 19.4 Å². The first-order valence-corrected chi connectivity index (χ1v) is 6.64. The van der Waals surface area contributed by atoms with Crippen molar-refractivity contribution in [2.24, 2.45) is 17.6 Å². The molecule has 0 aromatic carbocycles. The van der Waals surface area contributed by atoms with Gasteiger partial charge in [0.1, 0.15) is 0 Å². The van der Waals surface area contributed by atoms with E-state index in [-0.39, 0.29) is 5.91 Å². The number of carbonyl (C=O) groups excluding carboxylic acids is 1. The Kier molecular flexibility index (Phi) is 10.2. The topological polar surface area (TPSA) is 64.3 Å². The fraction of sp³-hybridized carbons (Fsp3) is 0.923. The molecule has 0 aromatic heterocycles. The summed E-state index contributed by atoms with van der Waals surface area (Å²) in [4.78, 5) is 11.6. The van der Waals surface area contributed by atoms with Crippen LogP contribution in [0.5, 0.6) is 0 Å². The molecule has 4 heteroatoms. The van der Waals surface area contributed by atoms with E-state index in [1.807, 2.05) is 6.92 Å².